The van der Waals surface area contributed by atoms with Crippen molar-refractivity contribution in [2.24, 2.45) is 0 Å². The number of thioether (sulfide) groups is 1. The summed E-state index contributed by atoms with van der Waals surface area (Å²) in [4.78, 5) is 16.2. The van der Waals surface area contributed by atoms with E-state index in [0.29, 0.717) is 11.9 Å². The van der Waals surface area contributed by atoms with Crippen LogP contribution < -0.4 is 0 Å². The zero-order chi connectivity index (χ0) is 15.8. The molecule has 1 aromatic carbocycles. The van der Waals surface area contributed by atoms with Gasteiger partial charge in [-0.2, -0.15) is 5.10 Å². The van der Waals surface area contributed by atoms with Gasteiger partial charge >= 0.3 is 0 Å². The molecule has 4 nitrogen and oxygen atoms in total. The predicted molar refractivity (Wildman–Crippen MR) is 91.6 cm³/mol. The van der Waals surface area contributed by atoms with Gasteiger partial charge in [0.05, 0.1) is 17.5 Å². The topological polar surface area (TPSA) is 38.1 Å². The van der Waals surface area contributed by atoms with Crippen LogP contribution in [0.4, 0.5) is 0 Å². The first-order valence-electron chi connectivity index (χ1n) is 8.25. The van der Waals surface area contributed by atoms with Gasteiger partial charge in [0.25, 0.3) is 0 Å². The van der Waals surface area contributed by atoms with Crippen molar-refractivity contribution in [2.75, 3.05) is 13.1 Å². The van der Waals surface area contributed by atoms with Crippen molar-refractivity contribution in [3.63, 3.8) is 0 Å². The fourth-order valence-electron chi connectivity index (χ4n) is 3.53. The molecule has 2 aromatic rings. The van der Waals surface area contributed by atoms with E-state index in [1.165, 1.54) is 16.0 Å². The molecule has 23 heavy (non-hydrogen) atoms. The monoisotopic (exact) mass is 327 g/mol. The van der Waals surface area contributed by atoms with E-state index < -0.39 is 0 Å². The highest BCUT2D eigenvalue weighted by atomic mass is 32.2. The number of hydrogen-bond acceptors (Lipinski definition) is 3. The molecule has 1 aromatic heterocycles. The number of hydrogen-bond donors (Lipinski definition) is 0. The van der Waals surface area contributed by atoms with Gasteiger partial charge in [0, 0.05) is 24.2 Å². The number of carbonyl (C=O) groups is 1. The molecule has 0 spiro atoms. The van der Waals surface area contributed by atoms with Gasteiger partial charge in [-0.05, 0) is 43.4 Å². The number of piperidine rings is 1. The highest BCUT2D eigenvalue weighted by Gasteiger charge is 2.34. The van der Waals surface area contributed by atoms with E-state index in [4.69, 9.17) is 0 Å². The lowest BCUT2D eigenvalue weighted by molar-refractivity contribution is -0.132. The Balaban J connectivity index is 1.45. The van der Waals surface area contributed by atoms with E-state index in [-0.39, 0.29) is 5.25 Å². The quantitative estimate of drug-likeness (QED) is 0.851. The van der Waals surface area contributed by atoms with Gasteiger partial charge < -0.3 is 4.90 Å². The Labute approximate surface area is 140 Å². The fraction of sp³-hybridized carbons (Fsp3) is 0.444. The first-order chi connectivity index (χ1) is 11.2. The summed E-state index contributed by atoms with van der Waals surface area (Å²) in [6.45, 7) is 3.72. The van der Waals surface area contributed by atoms with Gasteiger partial charge in [-0.25, -0.2) is 0 Å². The lowest BCUT2D eigenvalue weighted by Gasteiger charge is -2.34. The number of fused-ring (bicyclic) bond motifs is 1. The molecular formula is C18H21N3OS. The average Bonchev–Trinajstić information content (AvgIpc) is 3.20. The molecule has 3 heterocycles. The van der Waals surface area contributed by atoms with Crippen molar-refractivity contribution in [1.29, 1.82) is 0 Å². The van der Waals surface area contributed by atoms with E-state index in [2.05, 4.69) is 47.4 Å². The third-order valence-corrected chi connectivity index (χ3v) is 6.04. The van der Waals surface area contributed by atoms with Crippen LogP contribution in [-0.4, -0.2) is 38.9 Å². The van der Waals surface area contributed by atoms with Crippen LogP contribution in [0.15, 0.2) is 41.6 Å². The standard InChI is InChI=1S/C18H21N3OS/c1-13-10-19-21(11-13)15-6-4-8-20(12-15)18(22)17-9-14-5-2-3-7-16(14)23-17/h2-3,5,7,10-11,15,17H,4,6,8-9,12H2,1H3/t15-,17+/m1/s1. The summed E-state index contributed by atoms with van der Waals surface area (Å²) < 4.78 is 2.03. The lowest BCUT2D eigenvalue weighted by atomic mass is 10.0. The maximum absolute atomic E-state index is 12.9. The number of likely N-dealkylation sites (tertiary alicyclic amines) is 1. The molecule has 2 aliphatic rings. The molecule has 0 saturated carbocycles. The molecule has 4 rings (SSSR count). The van der Waals surface area contributed by atoms with Gasteiger partial charge in [0.1, 0.15) is 0 Å². The Morgan fingerprint density at radius 2 is 2.22 bits per heavy atom. The summed E-state index contributed by atoms with van der Waals surface area (Å²) in [5.74, 6) is 0.291. The van der Waals surface area contributed by atoms with Gasteiger partial charge in [0.2, 0.25) is 5.91 Å². The molecule has 1 saturated heterocycles. The number of aryl methyl sites for hydroxylation is 1. The minimum absolute atomic E-state index is 0.0468. The molecule has 1 amide bonds. The first-order valence-corrected chi connectivity index (χ1v) is 9.13. The Kier molecular flexibility index (Phi) is 3.89. The minimum Gasteiger partial charge on any atom is -0.340 e. The Morgan fingerprint density at radius 3 is 3.00 bits per heavy atom. The van der Waals surface area contributed by atoms with Crippen molar-refractivity contribution in [3.8, 4) is 0 Å². The first kappa shape index (κ1) is 14.8. The lowest BCUT2D eigenvalue weighted by Crippen LogP contribution is -2.44. The molecule has 120 valence electrons. The molecule has 0 radical (unpaired) electrons. The molecular weight excluding hydrogens is 306 g/mol. The second-order valence-corrected chi connectivity index (χ2v) is 7.74. The highest BCUT2D eigenvalue weighted by Crippen LogP contribution is 2.38. The van der Waals surface area contributed by atoms with Crippen molar-refractivity contribution in [2.45, 2.75) is 42.4 Å². The number of benzene rings is 1. The Bertz CT molecular complexity index is 702. The zero-order valence-electron chi connectivity index (χ0n) is 13.3. The van der Waals surface area contributed by atoms with Gasteiger partial charge in [0.15, 0.2) is 0 Å². The largest absolute Gasteiger partial charge is 0.340 e. The second-order valence-electron chi connectivity index (χ2n) is 6.50. The van der Waals surface area contributed by atoms with Crippen LogP contribution in [-0.2, 0) is 11.2 Å². The number of nitrogens with zero attached hydrogens (tertiary/aromatic N) is 3. The highest BCUT2D eigenvalue weighted by molar-refractivity contribution is 8.01. The van der Waals surface area contributed by atoms with Crippen LogP contribution in [0.5, 0.6) is 0 Å². The summed E-state index contributed by atoms with van der Waals surface area (Å²) in [5, 5.41) is 4.48. The summed E-state index contributed by atoms with van der Waals surface area (Å²) >= 11 is 1.73. The third kappa shape index (κ3) is 2.90. The SMILES string of the molecule is Cc1cnn([C@@H]2CCCN(C(=O)[C@@H]3Cc4ccccc4S3)C2)c1. The number of rotatable bonds is 2. The van der Waals surface area contributed by atoms with Crippen LogP contribution in [0, 0.1) is 6.92 Å². The van der Waals surface area contributed by atoms with Crippen LogP contribution >= 0.6 is 11.8 Å². The second kappa shape index (κ2) is 6.04. The van der Waals surface area contributed by atoms with Crippen molar-refractivity contribution >= 4 is 17.7 Å². The van der Waals surface area contributed by atoms with Crippen molar-refractivity contribution in [1.82, 2.24) is 14.7 Å². The summed E-state index contributed by atoms with van der Waals surface area (Å²) in [6.07, 6.45) is 6.99. The van der Waals surface area contributed by atoms with E-state index >= 15 is 0 Å². The minimum atomic E-state index is 0.0468. The third-order valence-electron chi connectivity index (χ3n) is 4.74. The summed E-state index contributed by atoms with van der Waals surface area (Å²) in [5.41, 5.74) is 2.49. The average molecular weight is 327 g/mol. The van der Waals surface area contributed by atoms with E-state index in [1.54, 1.807) is 11.8 Å². The number of amides is 1. The fourth-order valence-corrected chi connectivity index (χ4v) is 4.81. The van der Waals surface area contributed by atoms with Gasteiger partial charge in [-0.15, -0.1) is 11.8 Å². The smallest absolute Gasteiger partial charge is 0.236 e. The zero-order valence-corrected chi connectivity index (χ0v) is 14.1. The molecule has 0 N–H and O–H groups in total. The van der Waals surface area contributed by atoms with Crippen molar-refractivity contribution < 1.29 is 4.79 Å². The Morgan fingerprint density at radius 1 is 1.35 bits per heavy atom. The van der Waals surface area contributed by atoms with Gasteiger partial charge in [-0.3, -0.25) is 9.48 Å². The maximum atomic E-state index is 12.9. The molecule has 0 bridgehead atoms. The van der Waals surface area contributed by atoms with E-state index in [0.717, 1.165) is 32.4 Å². The van der Waals surface area contributed by atoms with Crippen LogP contribution in [0.2, 0.25) is 0 Å². The molecule has 1 fully saturated rings. The molecule has 0 unspecified atom stereocenters. The molecule has 2 atom stereocenters. The van der Waals surface area contributed by atoms with Crippen LogP contribution in [0.1, 0.15) is 30.0 Å². The summed E-state index contributed by atoms with van der Waals surface area (Å²) in [6, 6.07) is 8.69. The number of aromatic nitrogens is 2. The van der Waals surface area contributed by atoms with Crippen molar-refractivity contribution in [3.05, 3.63) is 47.8 Å². The van der Waals surface area contributed by atoms with Crippen LogP contribution in [0.3, 0.4) is 0 Å². The predicted octanol–water partition coefficient (Wildman–Crippen LogP) is 3.07. The number of carbonyl (C=O) groups excluding carboxylic acids is 1. The van der Waals surface area contributed by atoms with Crippen LogP contribution in [0.25, 0.3) is 0 Å². The molecule has 2 aliphatic heterocycles. The van der Waals surface area contributed by atoms with E-state index in [1.807, 2.05) is 10.9 Å². The summed E-state index contributed by atoms with van der Waals surface area (Å²) in [7, 11) is 0. The van der Waals surface area contributed by atoms with Gasteiger partial charge in [-0.1, -0.05) is 18.2 Å². The van der Waals surface area contributed by atoms with E-state index in [9.17, 15) is 4.79 Å². The molecule has 5 heteroatoms. The molecule has 0 aliphatic carbocycles. The maximum Gasteiger partial charge on any atom is 0.236 e. The normalized spacial score (nSPS) is 23.8. The Hall–Kier alpha value is -1.75.